The van der Waals surface area contributed by atoms with Gasteiger partial charge in [0, 0.05) is 23.6 Å². The second-order valence-electron chi connectivity index (χ2n) is 5.20. The highest BCUT2D eigenvalue weighted by atomic mass is 19.1. The van der Waals surface area contributed by atoms with E-state index in [1.165, 1.54) is 6.07 Å². The molecule has 0 saturated heterocycles. The number of nitrogens with two attached hydrogens (primary N) is 1. The molecule has 0 radical (unpaired) electrons. The molecule has 3 rings (SSSR count). The normalized spacial score (nSPS) is 28.4. The van der Waals surface area contributed by atoms with Crippen LogP contribution in [0.25, 0.3) is 0 Å². The minimum Gasteiger partial charge on any atom is -0.465 e. The summed E-state index contributed by atoms with van der Waals surface area (Å²) < 4.78 is 19.4. The largest absolute Gasteiger partial charge is 0.465 e. The van der Waals surface area contributed by atoms with Crippen LogP contribution in [0.15, 0.2) is 23.2 Å². The van der Waals surface area contributed by atoms with Crippen LogP contribution in [0.5, 0.6) is 0 Å². The number of rotatable bonds is 2. The van der Waals surface area contributed by atoms with Crippen molar-refractivity contribution >= 4 is 11.7 Å². The number of hydrogen-bond acceptors (Lipinski definition) is 5. The zero-order valence-electron chi connectivity index (χ0n) is 10.7. The summed E-state index contributed by atoms with van der Waals surface area (Å²) in [5.41, 5.74) is 4.92. The Kier molecular flexibility index (Phi) is 2.84. The molecule has 2 atom stereocenters. The van der Waals surface area contributed by atoms with Gasteiger partial charge in [-0.15, -0.1) is 0 Å². The van der Waals surface area contributed by atoms with E-state index in [4.69, 9.17) is 10.5 Å². The monoisotopic (exact) mass is 279 g/mol. The molecule has 0 aromatic heterocycles. The number of ether oxygens (including phenoxy) is 1. The van der Waals surface area contributed by atoms with Gasteiger partial charge in [-0.05, 0) is 18.9 Å². The highest BCUT2D eigenvalue weighted by Crippen LogP contribution is 2.49. The lowest BCUT2D eigenvalue weighted by Gasteiger charge is -2.35. The van der Waals surface area contributed by atoms with E-state index in [-0.39, 0.29) is 23.2 Å². The molecule has 0 unspecified atom stereocenters. The Morgan fingerprint density at radius 2 is 2.35 bits per heavy atom. The number of aliphatic imine (C=N–C) groups is 1. The van der Waals surface area contributed by atoms with Crippen LogP contribution in [0.1, 0.15) is 24.8 Å². The highest BCUT2D eigenvalue weighted by molar-refractivity contribution is 5.73. The van der Waals surface area contributed by atoms with Crippen LogP contribution >= 0.6 is 0 Å². The summed E-state index contributed by atoms with van der Waals surface area (Å²) in [6.45, 7) is 0.372. The number of hydrogen-bond donors (Lipinski definition) is 1. The summed E-state index contributed by atoms with van der Waals surface area (Å²) in [6.07, 6.45) is 2.34. The van der Waals surface area contributed by atoms with Gasteiger partial charge in [0.05, 0.1) is 11.5 Å². The van der Waals surface area contributed by atoms with E-state index >= 15 is 0 Å². The molecule has 1 aromatic carbocycles. The third kappa shape index (κ3) is 1.81. The predicted molar refractivity (Wildman–Crippen MR) is 69.6 cm³/mol. The number of benzene rings is 1. The third-order valence-electron chi connectivity index (χ3n) is 4.16. The smallest absolute Gasteiger partial charge is 0.282 e. The number of amidine groups is 1. The Morgan fingerprint density at radius 1 is 1.55 bits per heavy atom. The van der Waals surface area contributed by atoms with E-state index in [0.717, 1.165) is 25.0 Å². The van der Waals surface area contributed by atoms with Crippen LogP contribution in [-0.2, 0) is 10.3 Å². The van der Waals surface area contributed by atoms with Gasteiger partial charge in [-0.3, -0.25) is 10.1 Å². The van der Waals surface area contributed by atoms with E-state index in [1.807, 2.05) is 0 Å². The Labute approximate surface area is 114 Å². The maximum absolute atomic E-state index is 14.2. The molecular formula is C13H14FN3O3. The number of halogens is 1. The first-order valence-corrected chi connectivity index (χ1v) is 6.45. The van der Waals surface area contributed by atoms with Crippen LogP contribution in [-0.4, -0.2) is 17.6 Å². The topological polar surface area (TPSA) is 90.8 Å². The zero-order chi connectivity index (χ0) is 14.3. The average molecular weight is 279 g/mol. The van der Waals surface area contributed by atoms with Crippen molar-refractivity contribution in [2.75, 3.05) is 6.61 Å². The van der Waals surface area contributed by atoms with Crippen LogP contribution in [0.4, 0.5) is 10.1 Å². The van der Waals surface area contributed by atoms with Crippen LogP contribution in [0, 0.1) is 21.8 Å². The molecule has 7 heteroatoms. The first-order chi connectivity index (χ1) is 9.53. The van der Waals surface area contributed by atoms with Gasteiger partial charge in [0.1, 0.15) is 11.4 Å². The molecular weight excluding hydrogens is 265 g/mol. The van der Waals surface area contributed by atoms with E-state index < -0.39 is 16.3 Å². The van der Waals surface area contributed by atoms with Crippen LogP contribution in [0.2, 0.25) is 0 Å². The number of nitro benzene ring substituents is 1. The summed E-state index contributed by atoms with van der Waals surface area (Å²) in [7, 11) is 0. The van der Waals surface area contributed by atoms with Crippen molar-refractivity contribution in [2.24, 2.45) is 16.6 Å². The molecule has 2 aliphatic rings. The summed E-state index contributed by atoms with van der Waals surface area (Å²) >= 11 is 0. The van der Waals surface area contributed by atoms with Crippen molar-refractivity contribution in [3.8, 4) is 0 Å². The van der Waals surface area contributed by atoms with E-state index in [2.05, 4.69) is 4.99 Å². The second-order valence-corrected chi connectivity index (χ2v) is 5.20. The summed E-state index contributed by atoms with van der Waals surface area (Å²) in [5, 5.41) is 10.9. The molecule has 6 nitrogen and oxygen atoms in total. The van der Waals surface area contributed by atoms with Gasteiger partial charge < -0.3 is 10.5 Å². The number of nitro groups is 1. The van der Waals surface area contributed by atoms with Crippen molar-refractivity contribution in [1.29, 1.82) is 0 Å². The lowest BCUT2D eigenvalue weighted by atomic mass is 9.80. The van der Waals surface area contributed by atoms with E-state index in [0.29, 0.717) is 13.0 Å². The molecule has 1 saturated carbocycles. The van der Waals surface area contributed by atoms with Crippen molar-refractivity contribution in [1.82, 2.24) is 0 Å². The van der Waals surface area contributed by atoms with Gasteiger partial charge in [0.25, 0.3) is 11.7 Å². The first-order valence-electron chi connectivity index (χ1n) is 6.45. The van der Waals surface area contributed by atoms with Crippen LogP contribution in [0.3, 0.4) is 0 Å². The molecule has 2 N–H and O–H groups in total. The average Bonchev–Trinajstić information content (AvgIpc) is 2.82. The Bertz CT molecular complexity index is 605. The van der Waals surface area contributed by atoms with Gasteiger partial charge in [-0.2, -0.15) is 0 Å². The molecule has 1 fully saturated rings. The Hall–Kier alpha value is -2.18. The minimum atomic E-state index is -0.821. The molecule has 0 spiro atoms. The third-order valence-corrected chi connectivity index (χ3v) is 4.16. The molecule has 1 aromatic rings. The van der Waals surface area contributed by atoms with Crippen LogP contribution < -0.4 is 5.73 Å². The highest BCUT2D eigenvalue weighted by Gasteiger charge is 2.49. The van der Waals surface area contributed by atoms with E-state index in [9.17, 15) is 14.5 Å². The Morgan fingerprint density at radius 3 is 3.10 bits per heavy atom. The molecule has 1 aliphatic heterocycles. The lowest BCUT2D eigenvalue weighted by molar-refractivity contribution is -0.385. The molecule has 0 bridgehead atoms. The molecule has 20 heavy (non-hydrogen) atoms. The van der Waals surface area contributed by atoms with Crippen molar-refractivity contribution in [3.05, 3.63) is 39.7 Å². The van der Waals surface area contributed by atoms with Gasteiger partial charge >= 0.3 is 0 Å². The zero-order valence-corrected chi connectivity index (χ0v) is 10.7. The predicted octanol–water partition coefficient (Wildman–Crippen LogP) is 2.07. The van der Waals surface area contributed by atoms with Crippen molar-refractivity contribution in [2.45, 2.75) is 24.8 Å². The summed E-state index contributed by atoms with van der Waals surface area (Å²) in [5.74, 6) is -0.479. The minimum absolute atomic E-state index is 0.00584. The number of nitrogens with zero attached hydrogens (tertiary/aromatic N) is 2. The van der Waals surface area contributed by atoms with E-state index in [1.54, 1.807) is 0 Å². The molecule has 0 amide bonds. The van der Waals surface area contributed by atoms with Gasteiger partial charge in [0.2, 0.25) is 0 Å². The fourth-order valence-corrected chi connectivity index (χ4v) is 3.22. The summed E-state index contributed by atoms with van der Waals surface area (Å²) in [6, 6.07) is 3.58. The molecule has 106 valence electrons. The maximum Gasteiger partial charge on any atom is 0.282 e. The SMILES string of the molecule is NC1=N[C@@]2(c3cc([N+](=O)[O-])ccc3F)CCC[C@H]2CO1. The second kappa shape index (κ2) is 4.43. The lowest BCUT2D eigenvalue weighted by Crippen LogP contribution is -2.41. The molecule has 1 heterocycles. The van der Waals surface area contributed by atoms with Crippen molar-refractivity contribution < 1.29 is 14.1 Å². The number of fused-ring (bicyclic) bond motifs is 1. The standard InChI is InChI=1S/C13H14FN3O3/c14-11-4-3-9(17(18)19)6-10(11)13-5-1-2-8(13)7-20-12(15)16-13/h3-4,6,8H,1-2,5,7H2,(H2,15,16)/t8-,13-/m0/s1. The quantitative estimate of drug-likeness (QED) is 0.662. The fourth-order valence-electron chi connectivity index (χ4n) is 3.22. The Balaban J connectivity index is 2.17. The first kappa shape index (κ1) is 12.8. The van der Waals surface area contributed by atoms with Gasteiger partial charge in [-0.25, -0.2) is 9.38 Å². The summed E-state index contributed by atoms with van der Waals surface area (Å²) in [4.78, 5) is 14.7. The van der Waals surface area contributed by atoms with Gasteiger partial charge in [0.15, 0.2) is 0 Å². The molecule has 1 aliphatic carbocycles. The maximum atomic E-state index is 14.2. The van der Waals surface area contributed by atoms with Gasteiger partial charge in [-0.1, -0.05) is 6.42 Å². The number of non-ortho nitro benzene ring substituents is 1. The fraction of sp³-hybridized carbons (Fsp3) is 0.462. The van der Waals surface area contributed by atoms with Crippen molar-refractivity contribution in [3.63, 3.8) is 0 Å².